The van der Waals surface area contributed by atoms with E-state index in [9.17, 15) is 8.78 Å². The largest absolute Gasteiger partial charge is 0.208 e. The lowest BCUT2D eigenvalue weighted by atomic mass is 9.49. The van der Waals surface area contributed by atoms with Crippen LogP contribution in [-0.4, -0.2) is 6.71 Å². The van der Waals surface area contributed by atoms with Crippen LogP contribution in [0.25, 0.3) is 11.1 Å². The molecule has 2 aromatic rings. The van der Waals surface area contributed by atoms with Crippen molar-refractivity contribution in [1.29, 1.82) is 0 Å². The molecule has 0 nitrogen and oxygen atoms in total. The van der Waals surface area contributed by atoms with Crippen LogP contribution >= 0.6 is 0 Å². The quantitative estimate of drug-likeness (QED) is 0.691. The first-order chi connectivity index (χ1) is 8.08. The summed E-state index contributed by atoms with van der Waals surface area (Å²) in [4.78, 5) is 0. The molecule has 2 rings (SSSR count). The van der Waals surface area contributed by atoms with Gasteiger partial charge in [0.15, 0.2) is 6.71 Å². The van der Waals surface area contributed by atoms with Crippen LogP contribution in [0.2, 0.25) is 13.6 Å². The van der Waals surface area contributed by atoms with Crippen molar-refractivity contribution in [2.45, 2.75) is 13.6 Å². The molecule has 3 heteroatoms. The Balaban J connectivity index is 2.44. The molecule has 0 heterocycles. The normalized spacial score (nSPS) is 10.4. The molecule has 2 aromatic carbocycles. The van der Waals surface area contributed by atoms with E-state index in [1.54, 1.807) is 18.2 Å². The van der Waals surface area contributed by atoms with E-state index in [-0.39, 0.29) is 18.3 Å². The first-order valence-corrected chi connectivity index (χ1v) is 5.63. The summed E-state index contributed by atoms with van der Waals surface area (Å²) in [5.74, 6) is -0.544. The third kappa shape index (κ3) is 2.55. The van der Waals surface area contributed by atoms with Gasteiger partial charge in [-0.05, 0) is 34.8 Å². The molecule has 0 spiro atoms. The lowest BCUT2D eigenvalue weighted by Gasteiger charge is -2.07. The SMILES string of the molecule is CB(C)c1ccc(-c2cccc(F)c2)cc1F. The van der Waals surface area contributed by atoms with Gasteiger partial charge in [-0.15, -0.1) is 0 Å². The average Bonchev–Trinajstić information content (AvgIpc) is 2.28. The molecule has 17 heavy (non-hydrogen) atoms. The Labute approximate surface area is 100 Å². The molecule has 0 amide bonds. The lowest BCUT2D eigenvalue weighted by Crippen LogP contribution is -2.25. The third-order valence-corrected chi connectivity index (χ3v) is 2.78. The summed E-state index contributed by atoms with van der Waals surface area (Å²) in [5, 5.41) is 0. The van der Waals surface area contributed by atoms with Crippen LogP contribution in [0.1, 0.15) is 0 Å². The molecule has 0 aliphatic rings. The molecule has 0 saturated carbocycles. The van der Waals surface area contributed by atoms with Crippen molar-refractivity contribution in [3.63, 3.8) is 0 Å². The summed E-state index contributed by atoms with van der Waals surface area (Å²) in [6.07, 6.45) is 0. The van der Waals surface area contributed by atoms with Crippen molar-refractivity contribution in [2.75, 3.05) is 0 Å². The van der Waals surface area contributed by atoms with Gasteiger partial charge in [-0.25, -0.2) is 8.78 Å². The molecule has 0 aromatic heterocycles. The van der Waals surface area contributed by atoms with Crippen LogP contribution in [-0.2, 0) is 0 Å². The first kappa shape index (κ1) is 11.8. The highest BCUT2D eigenvalue weighted by Gasteiger charge is 2.10. The Bertz CT molecular complexity index is 535. The Morgan fingerprint density at radius 2 is 1.59 bits per heavy atom. The van der Waals surface area contributed by atoms with Crippen molar-refractivity contribution in [3.8, 4) is 11.1 Å². The fourth-order valence-corrected chi connectivity index (χ4v) is 1.84. The van der Waals surface area contributed by atoms with E-state index in [4.69, 9.17) is 0 Å². The molecule has 0 aliphatic heterocycles. The topological polar surface area (TPSA) is 0 Å². The molecular formula is C14H13BF2. The van der Waals surface area contributed by atoms with E-state index in [0.717, 1.165) is 0 Å². The van der Waals surface area contributed by atoms with Gasteiger partial charge >= 0.3 is 0 Å². The fraction of sp³-hybridized carbons (Fsp3) is 0.143. The van der Waals surface area contributed by atoms with Gasteiger partial charge in [0.2, 0.25) is 0 Å². The summed E-state index contributed by atoms with van der Waals surface area (Å²) in [6, 6.07) is 11.2. The van der Waals surface area contributed by atoms with Gasteiger partial charge in [-0.2, -0.15) is 0 Å². The Kier molecular flexibility index (Phi) is 3.27. The summed E-state index contributed by atoms with van der Waals surface area (Å²) in [7, 11) is 0. The van der Waals surface area contributed by atoms with Crippen LogP contribution in [0, 0.1) is 11.6 Å². The molecule has 0 radical (unpaired) electrons. The lowest BCUT2D eigenvalue weighted by molar-refractivity contribution is 0.627. The van der Waals surface area contributed by atoms with Crippen LogP contribution < -0.4 is 5.46 Å². The highest BCUT2D eigenvalue weighted by Crippen LogP contribution is 2.20. The van der Waals surface area contributed by atoms with Crippen LogP contribution in [0.15, 0.2) is 42.5 Å². The van der Waals surface area contributed by atoms with Crippen molar-refractivity contribution in [2.24, 2.45) is 0 Å². The van der Waals surface area contributed by atoms with Crippen LogP contribution in [0.4, 0.5) is 8.78 Å². The van der Waals surface area contributed by atoms with Crippen molar-refractivity contribution in [3.05, 3.63) is 54.1 Å². The maximum absolute atomic E-state index is 13.8. The van der Waals surface area contributed by atoms with Crippen LogP contribution in [0.3, 0.4) is 0 Å². The third-order valence-electron chi connectivity index (χ3n) is 2.78. The van der Waals surface area contributed by atoms with Gasteiger partial charge in [0.05, 0.1) is 0 Å². The van der Waals surface area contributed by atoms with Gasteiger partial charge in [-0.1, -0.05) is 37.9 Å². The molecule has 0 bridgehead atoms. The van der Waals surface area contributed by atoms with E-state index in [1.807, 2.05) is 19.7 Å². The number of halogens is 2. The van der Waals surface area contributed by atoms with E-state index in [1.165, 1.54) is 18.2 Å². The predicted octanol–water partition coefficient (Wildman–Crippen LogP) is 3.59. The number of hydrogen-bond acceptors (Lipinski definition) is 0. The summed E-state index contributed by atoms with van der Waals surface area (Å²) in [5.41, 5.74) is 2.08. The zero-order valence-electron chi connectivity index (χ0n) is 9.87. The van der Waals surface area contributed by atoms with Gasteiger partial charge < -0.3 is 0 Å². The van der Waals surface area contributed by atoms with Gasteiger partial charge in [0.1, 0.15) is 11.6 Å². The van der Waals surface area contributed by atoms with Crippen molar-refractivity contribution < 1.29 is 8.78 Å². The highest BCUT2D eigenvalue weighted by molar-refractivity contribution is 6.70. The molecule has 0 N–H and O–H groups in total. The number of hydrogen-bond donors (Lipinski definition) is 0. The van der Waals surface area contributed by atoms with Crippen LogP contribution in [0.5, 0.6) is 0 Å². The highest BCUT2D eigenvalue weighted by atomic mass is 19.1. The zero-order chi connectivity index (χ0) is 12.4. The van der Waals surface area contributed by atoms with Crippen molar-refractivity contribution in [1.82, 2.24) is 0 Å². The second kappa shape index (κ2) is 4.70. The minimum Gasteiger partial charge on any atom is -0.208 e. The second-order valence-electron chi connectivity index (χ2n) is 4.40. The average molecular weight is 230 g/mol. The van der Waals surface area contributed by atoms with E-state index in [0.29, 0.717) is 16.6 Å². The Hall–Kier alpha value is -1.64. The van der Waals surface area contributed by atoms with Crippen molar-refractivity contribution >= 4 is 12.2 Å². The second-order valence-corrected chi connectivity index (χ2v) is 4.40. The molecule has 0 saturated heterocycles. The van der Waals surface area contributed by atoms with E-state index < -0.39 is 0 Å². The molecule has 86 valence electrons. The zero-order valence-corrected chi connectivity index (χ0v) is 9.87. The monoisotopic (exact) mass is 230 g/mol. The minimum absolute atomic E-state index is 0.150. The first-order valence-electron chi connectivity index (χ1n) is 5.63. The van der Waals surface area contributed by atoms with E-state index in [2.05, 4.69) is 0 Å². The standard InChI is InChI=1S/C14H13BF2/c1-15(2)13-7-6-11(9-14(13)17)10-4-3-5-12(16)8-10/h3-9H,1-2H3. The minimum atomic E-state index is -0.309. The number of benzene rings is 2. The molecular weight excluding hydrogens is 217 g/mol. The van der Waals surface area contributed by atoms with Gasteiger partial charge in [0, 0.05) is 0 Å². The van der Waals surface area contributed by atoms with E-state index >= 15 is 0 Å². The molecule has 0 fully saturated rings. The molecule has 0 atom stereocenters. The summed E-state index contributed by atoms with van der Waals surface area (Å²) in [6.45, 7) is 4.04. The van der Waals surface area contributed by atoms with Gasteiger partial charge in [0.25, 0.3) is 0 Å². The molecule has 0 aliphatic carbocycles. The Morgan fingerprint density at radius 3 is 2.18 bits per heavy atom. The smallest absolute Gasteiger partial charge is 0.173 e. The number of rotatable bonds is 2. The van der Waals surface area contributed by atoms with Gasteiger partial charge in [-0.3, -0.25) is 0 Å². The maximum Gasteiger partial charge on any atom is 0.173 e. The fourth-order valence-electron chi connectivity index (χ4n) is 1.84. The molecule has 0 unspecified atom stereocenters. The summed E-state index contributed by atoms with van der Waals surface area (Å²) < 4.78 is 26.9. The predicted molar refractivity (Wildman–Crippen MR) is 68.9 cm³/mol. The Morgan fingerprint density at radius 1 is 0.882 bits per heavy atom. The summed E-state index contributed by atoms with van der Waals surface area (Å²) >= 11 is 0. The maximum atomic E-state index is 13.8.